The number of hydrogen-bond acceptors (Lipinski definition) is 4. The summed E-state index contributed by atoms with van der Waals surface area (Å²) in [6, 6.07) is 6.24. The number of allylic oxidation sites excluding steroid dienone is 1. The average molecular weight is 902 g/mol. The van der Waals surface area contributed by atoms with Crippen molar-refractivity contribution in [3.05, 3.63) is 63.3 Å². The first-order chi connectivity index (χ1) is 28.2. The predicted molar refractivity (Wildman–Crippen MR) is 274 cm³/mol. The van der Waals surface area contributed by atoms with Crippen LogP contribution in [0.4, 0.5) is 5.69 Å². The van der Waals surface area contributed by atoms with E-state index in [-0.39, 0.29) is 22.9 Å². The smallest absolute Gasteiger partial charge is 0.271 e. The molecule has 4 atom stereocenters. The molecule has 0 bridgehead atoms. The predicted octanol–water partition coefficient (Wildman–Crippen LogP) is 16.3. The quantitative estimate of drug-likeness (QED) is 0.0677. The van der Waals surface area contributed by atoms with E-state index in [0.717, 1.165) is 49.3 Å². The van der Waals surface area contributed by atoms with Crippen LogP contribution in [0, 0.1) is 40.9 Å². The summed E-state index contributed by atoms with van der Waals surface area (Å²) in [6.45, 7) is 44.5. The van der Waals surface area contributed by atoms with Crippen molar-refractivity contribution in [2.45, 2.75) is 207 Å². The van der Waals surface area contributed by atoms with E-state index < -0.39 is 0 Å². The van der Waals surface area contributed by atoms with Gasteiger partial charge in [-0.3, -0.25) is 9.79 Å². The minimum atomic E-state index is -0.0349. The zero-order valence-corrected chi connectivity index (χ0v) is 44.0. The van der Waals surface area contributed by atoms with Crippen molar-refractivity contribution in [1.82, 2.24) is 9.97 Å². The van der Waals surface area contributed by atoms with E-state index in [1.165, 1.54) is 81.2 Å². The standard InChI is InChI=1S/C14H21BrN2O2.C11H18N2.C10H16.C8H18.C6H14.C4H10/c1-4-5-17(10(2)14(3)8-19-9-14)12-6-11(15)7-16-13(12)18;1-4-9(2)10(3)13-8-11-6-5-7-12-11;1-6-8(3)10(5)9(4)7-2;1-5-6-7-8(2,3)4;1-3-5-6-4-2;1-3-4-2/h6-7,10H,4-5,8-9H2,1-3H3,(H,16,18);5-7,9,12H,4,8H2,1-3H3;1,8-9H,5,7H2,2-4H3;5-7H2,1-4H3;3-6H2,1-2H3;3-4H2,1-2H3. The van der Waals surface area contributed by atoms with Crippen LogP contribution >= 0.6 is 15.9 Å². The van der Waals surface area contributed by atoms with E-state index in [2.05, 4.69) is 165 Å². The highest BCUT2D eigenvalue weighted by molar-refractivity contribution is 9.10. The third-order valence-corrected chi connectivity index (χ3v) is 11.7. The summed E-state index contributed by atoms with van der Waals surface area (Å²) in [4.78, 5) is 24.7. The number of aromatic amines is 2. The lowest BCUT2D eigenvalue weighted by atomic mass is 9.80. The second-order valence-corrected chi connectivity index (χ2v) is 19.1. The van der Waals surface area contributed by atoms with Gasteiger partial charge >= 0.3 is 0 Å². The molecule has 0 radical (unpaired) electrons. The summed E-state index contributed by atoms with van der Waals surface area (Å²) in [7, 11) is 0. The first kappa shape index (κ1) is 61.7. The molecule has 0 aliphatic carbocycles. The maximum atomic E-state index is 12.1. The number of ether oxygens (including phenoxy) is 1. The number of anilines is 1. The van der Waals surface area contributed by atoms with Crippen LogP contribution < -0.4 is 10.5 Å². The lowest BCUT2D eigenvalue weighted by molar-refractivity contribution is -0.113. The van der Waals surface area contributed by atoms with Crippen molar-refractivity contribution in [3.8, 4) is 12.3 Å². The molecule has 0 saturated carbocycles. The van der Waals surface area contributed by atoms with Gasteiger partial charge in [-0.05, 0) is 97.8 Å². The van der Waals surface area contributed by atoms with Crippen LogP contribution in [0.1, 0.15) is 200 Å². The number of terminal acetylenes is 1. The van der Waals surface area contributed by atoms with Gasteiger partial charge in [0.15, 0.2) is 0 Å². The number of aromatic nitrogens is 2. The van der Waals surface area contributed by atoms with Crippen molar-refractivity contribution in [3.63, 3.8) is 0 Å². The Morgan fingerprint density at radius 3 is 1.83 bits per heavy atom. The van der Waals surface area contributed by atoms with Gasteiger partial charge in [0.2, 0.25) is 0 Å². The number of unbranched alkanes of at least 4 members (excludes halogenated alkanes) is 5. The maximum absolute atomic E-state index is 12.1. The molecular formula is C53H97BrN4O2. The van der Waals surface area contributed by atoms with Gasteiger partial charge in [-0.25, -0.2) is 0 Å². The Labute approximate surface area is 381 Å². The molecule has 4 unspecified atom stereocenters. The zero-order valence-electron chi connectivity index (χ0n) is 42.4. The topological polar surface area (TPSA) is 73.5 Å². The third-order valence-electron chi connectivity index (χ3n) is 11.2. The minimum Gasteiger partial charge on any atom is -0.380 e. The van der Waals surface area contributed by atoms with Gasteiger partial charge in [0.05, 0.1) is 19.8 Å². The molecule has 2 N–H and O–H groups in total. The Bertz CT molecular complexity index is 1420. The fourth-order valence-electron chi connectivity index (χ4n) is 5.59. The minimum absolute atomic E-state index is 0.0349. The lowest BCUT2D eigenvalue weighted by Gasteiger charge is -2.48. The van der Waals surface area contributed by atoms with Gasteiger partial charge in [-0.2, -0.15) is 0 Å². The molecule has 0 aromatic carbocycles. The Morgan fingerprint density at radius 2 is 1.47 bits per heavy atom. The molecule has 1 aliphatic heterocycles. The average Bonchev–Trinajstić information content (AvgIpc) is 3.76. The number of rotatable bonds is 18. The second kappa shape index (κ2) is 37.0. The monoisotopic (exact) mass is 901 g/mol. The third kappa shape index (κ3) is 29.7. The van der Waals surface area contributed by atoms with Crippen molar-refractivity contribution in [2.75, 3.05) is 24.7 Å². The normalized spacial score (nSPS) is 14.7. The number of hydrogen-bond donors (Lipinski definition) is 2. The molecule has 0 spiro atoms. The van der Waals surface area contributed by atoms with Crippen molar-refractivity contribution >= 4 is 27.3 Å². The van der Waals surface area contributed by atoms with Crippen LogP contribution in [0.25, 0.3) is 0 Å². The maximum Gasteiger partial charge on any atom is 0.271 e. The summed E-state index contributed by atoms with van der Waals surface area (Å²) in [5.74, 6) is 4.08. The zero-order chi connectivity index (χ0) is 46.7. The molecular weight excluding hydrogens is 805 g/mol. The van der Waals surface area contributed by atoms with E-state index in [4.69, 9.17) is 11.2 Å². The highest BCUT2D eigenvalue weighted by atomic mass is 79.9. The second-order valence-electron chi connectivity index (χ2n) is 18.2. The number of halogens is 1. The summed E-state index contributed by atoms with van der Waals surface area (Å²) in [5, 5.41) is 0. The van der Waals surface area contributed by atoms with E-state index in [1.807, 2.05) is 25.3 Å². The molecule has 1 fully saturated rings. The van der Waals surface area contributed by atoms with Gasteiger partial charge in [0, 0.05) is 52.2 Å². The Kier molecular flexibility index (Phi) is 38.1. The summed E-state index contributed by atoms with van der Waals surface area (Å²) in [5.41, 5.74) is 4.99. The molecule has 1 aliphatic rings. The lowest BCUT2D eigenvalue weighted by Crippen LogP contribution is -2.56. The Hall–Kier alpha value is -2.56. The number of nitrogens with one attached hydrogen (secondary N) is 2. The fourth-order valence-corrected chi connectivity index (χ4v) is 5.93. The molecule has 1 saturated heterocycles. The van der Waals surface area contributed by atoms with Crippen LogP contribution in [-0.2, 0) is 11.3 Å². The van der Waals surface area contributed by atoms with Crippen LogP contribution in [0.3, 0.4) is 0 Å². The van der Waals surface area contributed by atoms with E-state index in [0.29, 0.717) is 17.3 Å². The van der Waals surface area contributed by atoms with Crippen molar-refractivity contribution in [2.24, 2.45) is 33.6 Å². The van der Waals surface area contributed by atoms with E-state index in [1.54, 1.807) is 6.20 Å². The molecule has 6 nitrogen and oxygen atoms in total. The summed E-state index contributed by atoms with van der Waals surface area (Å²) < 4.78 is 6.25. The van der Waals surface area contributed by atoms with Crippen LogP contribution in [0.15, 0.2) is 57.0 Å². The molecule has 2 aromatic rings. The number of H-pyrrole nitrogens is 2. The molecule has 2 aromatic heterocycles. The largest absolute Gasteiger partial charge is 0.380 e. The van der Waals surface area contributed by atoms with Crippen LogP contribution in [-0.4, -0.2) is 41.5 Å². The number of nitrogens with zero attached hydrogens (tertiary/aromatic N) is 2. The first-order valence-corrected chi connectivity index (χ1v) is 24.5. The fraction of sp³-hybridized carbons (Fsp3) is 0.736. The Balaban J connectivity index is -0.000000698. The Morgan fingerprint density at radius 1 is 0.917 bits per heavy atom. The highest BCUT2D eigenvalue weighted by Crippen LogP contribution is 2.35. The molecule has 3 rings (SSSR count). The molecule has 60 heavy (non-hydrogen) atoms. The van der Waals surface area contributed by atoms with Gasteiger partial charge in [-0.1, -0.05) is 166 Å². The van der Waals surface area contributed by atoms with E-state index >= 15 is 0 Å². The number of aliphatic imine (C=N–C) groups is 1. The van der Waals surface area contributed by atoms with Crippen molar-refractivity contribution < 1.29 is 4.74 Å². The van der Waals surface area contributed by atoms with Crippen molar-refractivity contribution in [1.29, 1.82) is 0 Å². The van der Waals surface area contributed by atoms with E-state index in [9.17, 15) is 4.79 Å². The molecule has 0 amide bonds. The van der Waals surface area contributed by atoms with Crippen LogP contribution in [0.5, 0.6) is 0 Å². The summed E-state index contributed by atoms with van der Waals surface area (Å²) >= 11 is 3.42. The first-order valence-electron chi connectivity index (χ1n) is 23.7. The highest BCUT2D eigenvalue weighted by Gasteiger charge is 2.42. The van der Waals surface area contributed by atoms with Gasteiger partial charge in [-0.15, -0.1) is 6.42 Å². The molecule has 7 heteroatoms. The van der Waals surface area contributed by atoms with Gasteiger partial charge < -0.3 is 19.6 Å². The summed E-state index contributed by atoms with van der Waals surface area (Å²) in [6.07, 6.45) is 24.4. The molecule has 348 valence electrons. The molecule has 3 heterocycles. The van der Waals surface area contributed by atoms with Crippen LogP contribution in [0.2, 0.25) is 0 Å². The van der Waals surface area contributed by atoms with Gasteiger partial charge in [0.25, 0.3) is 5.56 Å². The van der Waals surface area contributed by atoms with Gasteiger partial charge in [0.1, 0.15) is 5.69 Å². The number of pyridine rings is 1. The SMILES string of the molecule is C#CC(C)C(=C)C(C)CC.CCC(C)C(C)=NCc1ccc[nH]1.CCCC.CCCCC(C)(C)C.CCCCCC.CCCN(c1cc(Br)c[nH]c1=O)C(C)C1(C)COC1.